The molecule has 2 rings (SSSR count). The Morgan fingerprint density at radius 1 is 1.56 bits per heavy atom. The molecule has 1 aromatic carbocycles. The van der Waals surface area contributed by atoms with Crippen molar-refractivity contribution in [2.24, 2.45) is 5.73 Å². The van der Waals surface area contributed by atoms with E-state index in [-0.39, 0.29) is 18.0 Å². The monoisotopic (exact) mass is 224 g/mol. The van der Waals surface area contributed by atoms with E-state index >= 15 is 0 Å². The summed E-state index contributed by atoms with van der Waals surface area (Å²) in [6.45, 7) is 3.09. The lowest BCUT2D eigenvalue weighted by Gasteiger charge is -2.23. The summed E-state index contributed by atoms with van der Waals surface area (Å²) >= 11 is 0. The molecular formula is C12H17FN2O. The molecule has 1 heterocycles. The van der Waals surface area contributed by atoms with Crippen molar-refractivity contribution >= 4 is 5.69 Å². The third-order valence-corrected chi connectivity index (χ3v) is 2.99. The topological polar surface area (TPSA) is 49.5 Å². The molecule has 3 nitrogen and oxygen atoms in total. The van der Waals surface area contributed by atoms with Crippen LogP contribution in [0.15, 0.2) is 18.2 Å². The van der Waals surface area contributed by atoms with Crippen LogP contribution in [-0.2, 0) is 0 Å². The van der Waals surface area contributed by atoms with Gasteiger partial charge in [-0.05, 0) is 25.5 Å². The number of nitrogens with two attached hydrogens (primary N) is 1. The molecular weight excluding hydrogens is 207 g/mol. The average Bonchev–Trinajstić information content (AvgIpc) is 2.63. The van der Waals surface area contributed by atoms with Crippen LogP contribution in [0.2, 0.25) is 0 Å². The van der Waals surface area contributed by atoms with E-state index in [0.29, 0.717) is 12.1 Å². The van der Waals surface area contributed by atoms with Gasteiger partial charge in [0, 0.05) is 30.4 Å². The molecule has 1 aromatic rings. The minimum Gasteiger partial charge on any atom is -0.391 e. The van der Waals surface area contributed by atoms with Crippen molar-refractivity contribution in [3.63, 3.8) is 0 Å². The van der Waals surface area contributed by atoms with Crippen LogP contribution >= 0.6 is 0 Å². The van der Waals surface area contributed by atoms with Gasteiger partial charge in [-0.3, -0.25) is 0 Å². The molecule has 0 saturated carbocycles. The Balaban J connectivity index is 2.36. The minimum atomic E-state index is -0.339. The molecule has 16 heavy (non-hydrogen) atoms. The normalized spacial score (nSPS) is 22.5. The second kappa shape index (κ2) is 4.39. The standard InChI is InChI=1S/C12H17FN2O/c1-8(14)12-10(13)3-2-4-11(12)15-6-5-9(16)7-15/h2-4,8-9,16H,5-7,14H2,1H3/t8-,9?/m1/s1. The Hall–Kier alpha value is -1.13. The molecule has 1 unspecified atom stereocenters. The number of hydrogen-bond donors (Lipinski definition) is 2. The summed E-state index contributed by atoms with van der Waals surface area (Å²) in [4.78, 5) is 1.99. The molecule has 0 aromatic heterocycles. The summed E-state index contributed by atoms with van der Waals surface area (Å²) in [7, 11) is 0. The molecule has 0 spiro atoms. The van der Waals surface area contributed by atoms with Crippen LogP contribution in [0.3, 0.4) is 0 Å². The van der Waals surface area contributed by atoms with Crippen LogP contribution in [0.25, 0.3) is 0 Å². The Morgan fingerprint density at radius 3 is 2.88 bits per heavy atom. The summed E-state index contributed by atoms with van der Waals surface area (Å²) < 4.78 is 13.7. The van der Waals surface area contributed by atoms with Gasteiger partial charge in [-0.1, -0.05) is 6.07 Å². The van der Waals surface area contributed by atoms with Gasteiger partial charge in [-0.2, -0.15) is 0 Å². The zero-order chi connectivity index (χ0) is 11.7. The van der Waals surface area contributed by atoms with Crippen molar-refractivity contribution in [2.45, 2.75) is 25.5 Å². The molecule has 4 heteroatoms. The SMILES string of the molecule is C[C@@H](N)c1c(F)cccc1N1CCC(O)C1. The third-order valence-electron chi connectivity index (χ3n) is 2.99. The second-order valence-corrected chi connectivity index (χ2v) is 4.35. The highest BCUT2D eigenvalue weighted by atomic mass is 19.1. The number of benzene rings is 1. The lowest BCUT2D eigenvalue weighted by atomic mass is 10.1. The number of rotatable bonds is 2. The number of anilines is 1. The van der Waals surface area contributed by atoms with Crippen molar-refractivity contribution in [3.8, 4) is 0 Å². The summed E-state index contributed by atoms with van der Waals surface area (Å²) in [5, 5.41) is 9.49. The second-order valence-electron chi connectivity index (χ2n) is 4.35. The quantitative estimate of drug-likeness (QED) is 0.798. The molecule has 0 amide bonds. The Kier molecular flexibility index (Phi) is 3.12. The number of β-amino-alcohol motifs (C(OH)–C–C–N with tert-alkyl or cyclic N) is 1. The molecule has 0 radical (unpaired) electrons. The van der Waals surface area contributed by atoms with Gasteiger partial charge in [0.15, 0.2) is 0 Å². The maximum atomic E-state index is 13.7. The molecule has 0 aliphatic carbocycles. The molecule has 3 N–H and O–H groups in total. The smallest absolute Gasteiger partial charge is 0.130 e. The van der Waals surface area contributed by atoms with Gasteiger partial charge in [0.1, 0.15) is 5.82 Å². The van der Waals surface area contributed by atoms with Crippen LogP contribution in [0, 0.1) is 5.82 Å². The van der Waals surface area contributed by atoms with Crippen molar-refractivity contribution < 1.29 is 9.50 Å². The number of aliphatic hydroxyl groups excluding tert-OH is 1. The van der Waals surface area contributed by atoms with Gasteiger partial charge in [0.25, 0.3) is 0 Å². The molecule has 0 bridgehead atoms. The third kappa shape index (κ3) is 2.03. The fourth-order valence-corrected chi connectivity index (χ4v) is 2.21. The largest absolute Gasteiger partial charge is 0.391 e. The van der Waals surface area contributed by atoms with Crippen molar-refractivity contribution in [2.75, 3.05) is 18.0 Å². The number of nitrogens with zero attached hydrogens (tertiary/aromatic N) is 1. The fourth-order valence-electron chi connectivity index (χ4n) is 2.21. The first-order valence-electron chi connectivity index (χ1n) is 5.56. The van der Waals surface area contributed by atoms with Crippen molar-refractivity contribution in [1.82, 2.24) is 0 Å². The predicted octanol–water partition coefficient (Wildman–Crippen LogP) is 1.42. The maximum absolute atomic E-state index is 13.7. The van der Waals surface area contributed by atoms with E-state index < -0.39 is 0 Å². The summed E-state index contributed by atoms with van der Waals surface area (Å²) in [5.41, 5.74) is 7.14. The predicted molar refractivity (Wildman–Crippen MR) is 61.8 cm³/mol. The van der Waals surface area contributed by atoms with E-state index in [1.807, 2.05) is 11.0 Å². The highest BCUT2D eigenvalue weighted by Crippen LogP contribution is 2.30. The van der Waals surface area contributed by atoms with Crippen molar-refractivity contribution in [3.05, 3.63) is 29.6 Å². The Morgan fingerprint density at radius 2 is 2.31 bits per heavy atom. The average molecular weight is 224 g/mol. The number of aliphatic hydroxyl groups is 1. The van der Waals surface area contributed by atoms with Gasteiger partial charge in [-0.25, -0.2) is 4.39 Å². The highest BCUT2D eigenvalue weighted by Gasteiger charge is 2.24. The van der Waals surface area contributed by atoms with Crippen LogP contribution in [0.5, 0.6) is 0 Å². The zero-order valence-electron chi connectivity index (χ0n) is 9.36. The number of hydrogen-bond acceptors (Lipinski definition) is 3. The Bertz CT molecular complexity index is 381. The lowest BCUT2D eigenvalue weighted by Crippen LogP contribution is -2.24. The van der Waals surface area contributed by atoms with E-state index in [1.54, 1.807) is 13.0 Å². The van der Waals surface area contributed by atoms with E-state index in [4.69, 9.17) is 5.73 Å². The van der Waals surface area contributed by atoms with E-state index in [0.717, 1.165) is 18.7 Å². The fraction of sp³-hybridized carbons (Fsp3) is 0.500. The van der Waals surface area contributed by atoms with E-state index in [2.05, 4.69) is 0 Å². The van der Waals surface area contributed by atoms with Crippen LogP contribution in [0.4, 0.5) is 10.1 Å². The van der Waals surface area contributed by atoms with Crippen molar-refractivity contribution in [1.29, 1.82) is 0 Å². The maximum Gasteiger partial charge on any atom is 0.130 e. The van der Waals surface area contributed by atoms with Gasteiger partial charge in [-0.15, -0.1) is 0 Å². The molecule has 1 aliphatic rings. The van der Waals surface area contributed by atoms with Crippen LogP contribution in [0.1, 0.15) is 24.9 Å². The minimum absolute atomic E-state index is 0.270. The molecule has 88 valence electrons. The Labute approximate surface area is 94.7 Å². The van der Waals surface area contributed by atoms with Crippen LogP contribution < -0.4 is 10.6 Å². The van der Waals surface area contributed by atoms with Gasteiger partial charge >= 0.3 is 0 Å². The zero-order valence-corrected chi connectivity index (χ0v) is 9.36. The first-order chi connectivity index (χ1) is 7.59. The van der Waals surface area contributed by atoms with E-state index in [9.17, 15) is 9.50 Å². The van der Waals surface area contributed by atoms with Gasteiger partial charge < -0.3 is 15.7 Å². The molecule has 2 atom stereocenters. The summed E-state index contributed by atoms with van der Waals surface area (Å²) in [6, 6.07) is 4.63. The van der Waals surface area contributed by atoms with E-state index in [1.165, 1.54) is 6.07 Å². The first-order valence-corrected chi connectivity index (χ1v) is 5.56. The molecule has 1 aliphatic heterocycles. The van der Waals surface area contributed by atoms with Crippen LogP contribution in [-0.4, -0.2) is 24.3 Å². The summed E-state index contributed by atoms with van der Waals surface area (Å²) in [5.74, 6) is -0.270. The molecule has 1 fully saturated rings. The summed E-state index contributed by atoms with van der Waals surface area (Å²) in [6.07, 6.45) is 0.415. The number of halogens is 1. The first kappa shape index (κ1) is 11.4. The van der Waals surface area contributed by atoms with Gasteiger partial charge in [0.05, 0.1) is 6.10 Å². The lowest BCUT2D eigenvalue weighted by molar-refractivity contribution is 0.198. The highest BCUT2D eigenvalue weighted by molar-refractivity contribution is 5.56. The van der Waals surface area contributed by atoms with Gasteiger partial charge in [0.2, 0.25) is 0 Å². The molecule has 1 saturated heterocycles.